The molecule has 142 valence electrons. The SMILES string of the molecule is Nc1ncc(C(=O)N2CCN(C(c3ccccc3)c3ccccc3)CC2)cn1. The molecule has 4 rings (SSSR count). The van der Waals surface area contributed by atoms with Gasteiger partial charge in [0.25, 0.3) is 5.91 Å². The number of carbonyl (C=O) groups excluding carboxylic acids is 1. The largest absolute Gasteiger partial charge is 0.368 e. The van der Waals surface area contributed by atoms with Crippen LogP contribution < -0.4 is 5.73 Å². The number of rotatable bonds is 4. The molecule has 0 unspecified atom stereocenters. The van der Waals surface area contributed by atoms with Gasteiger partial charge in [-0.15, -0.1) is 0 Å². The lowest BCUT2D eigenvalue weighted by Gasteiger charge is -2.39. The summed E-state index contributed by atoms with van der Waals surface area (Å²) in [5.74, 6) is 0.130. The van der Waals surface area contributed by atoms with E-state index in [9.17, 15) is 4.79 Å². The topological polar surface area (TPSA) is 75.3 Å². The molecule has 6 heteroatoms. The number of amides is 1. The van der Waals surface area contributed by atoms with E-state index >= 15 is 0 Å². The molecule has 2 aromatic carbocycles. The average molecular weight is 373 g/mol. The maximum atomic E-state index is 12.7. The molecule has 0 atom stereocenters. The molecule has 2 heterocycles. The summed E-state index contributed by atoms with van der Waals surface area (Å²) >= 11 is 0. The minimum absolute atomic E-state index is 0.0457. The third kappa shape index (κ3) is 3.87. The summed E-state index contributed by atoms with van der Waals surface area (Å²) in [5.41, 5.74) is 8.52. The van der Waals surface area contributed by atoms with Crippen LogP contribution in [0.15, 0.2) is 73.1 Å². The molecule has 0 radical (unpaired) electrons. The molecule has 3 aromatic rings. The molecule has 1 aliphatic heterocycles. The summed E-state index contributed by atoms with van der Waals surface area (Å²) < 4.78 is 0. The zero-order valence-corrected chi connectivity index (χ0v) is 15.6. The van der Waals surface area contributed by atoms with Crippen LogP contribution in [0.4, 0.5) is 5.95 Å². The van der Waals surface area contributed by atoms with Crippen molar-refractivity contribution in [3.05, 3.63) is 89.7 Å². The number of benzene rings is 2. The Morgan fingerprint density at radius 1 is 0.821 bits per heavy atom. The molecule has 1 aliphatic rings. The van der Waals surface area contributed by atoms with E-state index in [1.807, 2.05) is 17.0 Å². The van der Waals surface area contributed by atoms with Crippen LogP contribution in [-0.4, -0.2) is 51.9 Å². The Morgan fingerprint density at radius 3 is 1.82 bits per heavy atom. The zero-order valence-electron chi connectivity index (χ0n) is 15.6. The summed E-state index contributed by atoms with van der Waals surface area (Å²) in [5, 5.41) is 0. The lowest BCUT2D eigenvalue weighted by atomic mass is 9.96. The number of hydrogen-bond acceptors (Lipinski definition) is 5. The van der Waals surface area contributed by atoms with Crippen molar-refractivity contribution in [3.63, 3.8) is 0 Å². The van der Waals surface area contributed by atoms with Crippen molar-refractivity contribution in [3.8, 4) is 0 Å². The molecule has 1 amide bonds. The van der Waals surface area contributed by atoms with E-state index in [1.165, 1.54) is 23.5 Å². The Balaban J connectivity index is 1.50. The fraction of sp³-hybridized carbons (Fsp3) is 0.227. The van der Waals surface area contributed by atoms with Crippen molar-refractivity contribution in [2.24, 2.45) is 0 Å². The number of aromatic nitrogens is 2. The van der Waals surface area contributed by atoms with E-state index in [0.717, 1.165) is 13.1 Å². The predicted molar refractivity (Wildman–Crippen MR) is 109 cm³/mol. The van der Waals surface area contributed by atoms with Gasteiger partial charge >= 0.3 is 0 Å². The van der Waals surface area contributed by atoms with E-state index in [4.69, 9.17) is 5.73 Å². The smallest absolute Gasteiger partial charge is 0.257 e. The number of nitrogen functional groups attached to an aromatic ring is 1. The number of piperazine rings is 1. The van der Waals surface area contributed by atoms with E-state index < -0.39 is 0 Å². The standard InChI is InChI=1S/C22H23N5O/c23-22-24-15-19(16-25-22)21(28)27-13-11-26(12-14-27)20(17-7-3-1-4-8-17)18-9-5-2-6-10-18/h1-10,15-16,20H,11-14H2,(H2,23,24,25). The van der Waals surface area contributed by atoms with Crippen molar-refractivity contribution in [1.82, 2.24) is 19.8 Å². The van der Waals surface area contributed by atoms with Gasteiger partial charge in [-0.05, 0) is 11.1 Å². The summed E-state index contributed by atoms with van der Waals surface area (Å²) in [6.45, 7) is 2.94. The van der Waals surface area contributed by atoms with E-state index in [2.05, 4.69) is 63.4 Å². The van der Waals surface area contributed by atoms with Gasteiger partial charge in [0.15, 0.2) is 0 Å². The number of nitrogens with two attached hydrogens (primary N) is 1. The van der Waals surface area contributed by atoms with Gasteiger partial charge in [0, 0.05) is 38.6 Å². The molecule has 2 N–H and O–H groups in total. The van der Waals surface area contributed by atoms with Crippen LogP contribution >= 0.6 is 0 Å². The van der Waals surface area contributed by atoms with Crippen molar-refractivity contribution >= 4 is 11.9 Å². The Labute approximate surface area is 164 Å². The first-order valence-electron chi connectivity index (χ1n) is 9.43. The highest BCUT2D eigenvalue weighted by molar-refractivity contribution is 5.93. The molecule has 0 bridgehead atoms. The molecule has 0 aliphatic carbocycles. The van der Waals surface area contributed by atoms with Crippen molar-refractivity contribution < 1.29 is 4.79 Å². The van der Waals surface area contributed by atoms with E-state index in [-0.39, 0.29) is 17.9 Å². The van der Waals surface area contributed by atoms with E-state index in [0.29, 0.717) is 18.7 Å². The average Bonchev–Trinajstić information content (AvgIpc) is 2.76. The quantitative estimate of drug-likeness (QED) is 0.761. The second kappa shape index (κ2) is 8.19. The molecule has 6 nitrogen and oxygen atoms in total. The summed E-state index contributed by atoms with van der Waals surface area (Å²) in [7, 11) is 0. The number of hydrogen-bond donors (Lipinski definition) is 1. The second-order valence-electron chi connectivity index (χ2n) is 6.88. The van der Waals surface area contributed by atoms with Gasteiger partial charge in [0.05, 0.1) is 11.6 Å². The van der Waals surface area contributed by atoms with Crippen LogP contribution in [0.2, 0.25) is 0 Å². The fourth-order valence-electron chi connectivity index (χ4n) is 3.70. The maximum absolute atomic E-state index is 12.7. The minimum Gasteiger partial charge on any atom is -0.368 e. The molecule has 0 saturated carbocycles. The predicted octanol–water partition coefficient (Wildman–Crippen LogP) is 2.61. The van der Waals surface area contributed by atoms with Crippen LogP contribution in [0, 0.1) is 0 Å². The Kier molecular flexibility index (Phi) is 5.30. The van der Waals surface area contributed by atoms with Gasteiger partial charge in [0.1, 0.15) is 0 Å². The summed E-state index contributed by atoms with van der Waals surface area (Å²) in [6.07, 6.45) is 2.99. The minimum atomic E-state index is -0.0457. The summed E-state index contributed by atoms with van der Waals surface area (Å²) in [4.78, 5) is 24.9. The molecular weight excluding hydrogens is 350 g/mol. The fourth-order valence-corrected chi connectivity index (χ4v) is 3.70. The molecule has 28 heavy (non-hydrogen) atoms. The molecule has 0 spiro atoms. The third-order valence-electron chi connectivity index (χ3n) is 5.12. The van der Waals surface area contributed by atoms with Crippen LogP contribution in [0.25, 0.3) is 0 Å². The summed E-state index contributed by atoms with van der Waals surface area (Å²) in [6, 6.07) is 21.2. The number of nitrogens with zero attached hydrogens (tertiary/aromatic N) is 4. The molecular formula is C22H23N5O. The first-order valence-corrected chi connectivity index (χ1v) is 9.43. The number of anilines is 1. The van der Waals surface area contributed by atoms with Gasteiger partial charge in [-0.3, -0.25) is 9.69 Å². The van der Waals surface area contributed by atoms with Gasteiger partial charge in [-0.25, -0.2) is 9.97 Å². The van der Waals surface area contributed by atoms with Crippen molar-refractivity contribution in [2.75, 3.05) is 31.9 Å². The maximum Gasteiger partial charge on any atom is 0.257 e. The Hall–Kier alpha value is -3.25. The normalized spacial score (nSPS) is 15.0. The highest BCUT2D eigenvalue weighted by atomic mass is 16.2. The Morgan fingerprint density at radius 2 is 1.32 bits per heavy atom. The van der Waals surface area contributed by atoms with Crippen LogP contribution in [-0.2, 0) is 0 Å². The monoisotopic (exact) mass is 373 g/mol. The second-order valence-corrected chi connectivity index (χ2v) is 6.88. The first kappa shape index (κ1) is 18.1. The molecule has 1 saturated heterocycles. The molecule has 1 fully saturated rings. The first-order chi connectivity index (χ1) is 13.7. The number of carbonyl (C=O) groups is 1. The van der Waals surface area contributed by atoms with E-state index in [1.54, 1.807) is 0 Å². The molecule has 1 aromatic heterocycles. The lowest BCUT2D eigenvalue weighted by molar-refractivity contribution is 0.0596. The zero-order chi connectivity index (χ0) is 19.3. The lowest BCUT2D eigenvalue weighted by Crippen LogP contribution is -2.49. The highest BCUT2D eigenvalue weighted by Crippen LogP contribution is 2.29. The van der Waals surface area contributed by atoms with Crippen LogP contribution in [0.5, 0.6) is 0 Å². The Bertz CT molecular complexity index is 867. The van der Waals surface area contributed by atoms with Crippen molar-refractivity contribution in [2.45, 2.75) is 6.04 Å². The van der Waals surface area contributed by atoms with Crippen LogP contribution in [0.1, 0.15) is 27.5 Å². The highest BCUT2D eigenvalue weighted by Gasteiger charge is 2.28. The van der Waals surface area contributed by atoms with Gasteiger partial charge in [-0.2, -0.15) is 0 Å². The van der Waals surface area contributed by atoms with Gasteiger partial charge in [0.2, 0.25) is 5.95 Å². The van der Waals surface area contributed by atoms with Crippen LogP contribution in [0.3, 0.4) is 0 Å². The van der Waals surface area contributed by atoms with Gasteiger partial charge in [-0.1, -0.05) is 60.7 Å². The third-order valence-corrected chi connectivity index (χ3v) is 5.12. The van der Waals surface area contributed by atoms with Gasteiger partial charge < -0.3 is 10.6 Å². The van der Waals surface area contributed by atoms with Crippen molar-refractivity contribution in [1.29, 1.82) is 0 Å².